The van der Waals surface area contributed by atoms with Gasteiger partial charge in [0, 0.05) is 24.8 Å². The van der Waals surface area contributed by atoms with E-state index in [1.165, 1.54) is 27.4 Å². The standard InChI is InChI=1S/C13H16BrO5P/c1-17-13(15)8-11(9-20(16,18-2)19-3)10-4-6-12(14)7-5-10/h4-8H,9H2,1-3H3/b11-8+. The molecular formula is C13H16BrO5P. The van der Waals surface area contributed by atoms with Crippen molar-refractivity contribution in [3.63, 3.8) is 0 Å². The third kappa shape index (κ3) is 4.87. The second-order valence-corrected chi connectivity index (χ2v) is 7.02. The number of carbonyl (C=O) groups is 1. The first-order valence-electron chi connectivity index (χ1n) is 5.69. The Morgan fingerprint density at radius 1 is 1.20 bits per heavy atom. The summed E-state index contributed by atoms with van der Waals surface area (Å²) < 4.78 is 27.6. The van der Waals surface area contributed by atoms with Crippen LogP contribution in [0.3, 0.4) is 0 Å². The Morgan fingerprint density at radius 3 is 2.20 bits per heavy atom. The van der Waals surface area contributed by atoms with Gasteiger partial charge in [-0.3, -0.25) is 4.57 Å². The van der Waals surface area contributed by atoms with Crippen LogP contribution in [0.2, 0.25) is 0 Å². The van der Waals surface area contributed by atoms with Crippen molar-refractivity contribution < 1.29 is 23.1 Å². The number of benzene rings is 1. The molecule has 0 heterocycles. The molecule has 0 saturated carbocycles. The van der Waals surface area contributed by atoms with Crippen molar-refractivity contribution in [2.75, 3.05) is 27.5 Å². The molecule has 110 valence electrons. The number of methoxy groups -OCH3 is 1. The first-order chi connectivity index (χ1) is 9.44. The van der Waals surface area contributed by atoms with Crippen molar-refractivity contribution in [3.8, 4) is 0 Å². The predicted octanol–water partition coefficient (Wildman–Crippen LogP) is 3.49. The van der Waals surface area contributed by atoms with Crippen LogP contribution < -0.4 is 0 Å². The van der Waals surface area contributed by atoms with Gasteiger partial charge < -0.3 is 13.8 Å². The molecule has 0 aliphatic carbocycles. The maximum Gasteiger partial charge on any atom is 0.334 e. The van der Waals surface area contributed by atoms with Gasteiger partial charge in [-0.15, -0.1) is 0 Å². The summed E-state index contributed by atoms with van der Waals surface area (Å²) in [7, 11) is 0.627. The summed E-state index contributed by atoms with van der Waals surface area (Å²) in [6.07, 6.45) is 1.27. The molecule has 1 aromatic carbocycles. The lowest BCUT2D eigenvalue weighted by Gasteiger charge is -2.16. The van der Waals surface area contributed by atoms with Crippen LogP contribution in [0.4, 0.5) is 0 Å². The van der Waals surface area contributed by atoms with Gasteiger partial charge in [0.25, 0.3) is 0 Å². The normalized spacial score (nSPS) is 12.3. The third-order valence-corrected chi connectivity index (χ3v) is 5.00. The van der Waals surface area contributed by atoms with Crippen LogP contribution in [0.15, 0.2) is 34.8 Å². The van der Waals surface area contributed by atoms with Gasteiger partial charge in [0.15, 0.2) is 0 Å². The Labute approximate surface area is 126 Å². The fourth-order valence-electron chi connectivity index (χ4n) is 1.50. The van der Waals surface area contributed by atoms with Crippen LogP contribution in [-0.2, 0) is 23.1 Å². The van der Waals surface area contributed by atoms with Crippen molar-refractivity contribution in [2.45, 2.75) is 0 Å². The molecule has 0 bridgehead atoms. The molecule has 0 amide bonds. The van der Waals surface area contributed by atoms with Crippen molar-refractivity contribution in [3.05, 3.63) is 40.4 Å². The predicted molar refractivity (Wildman–Crippen MR) is 80.6 cm³/mol. The maximum absolute atomic E-state index is 12.2. The van der Waals surface area contributed by atoms with Crippen LogP contribution in [0, 0.1) is 0 Å². The van der Waals surface area contributed by atoms with Gasteiger partial charge >= 0.3 is 13.6 Å². The zero-order chi connectivity index (χ0) is 15.2. The van der Waals surface area contributed by atoms with Gasteiger partial charge in [0.1, 0.15) is 0 Å². The molecule has 0 fully saturated rings. The highest BCUT2D eigenvalue weighted by Crippen LogP contribution is 2.49. The molecule has 0 atom stereocenters. The van der Waals surface area contributed by atoms with Crippen LogP contribution in [0.1, 0.15) is 5.56 Å². The average molecular weight is 363 g/mol. The first-order valence-corrected chi connectivity index (χ1v) is 8.21. The molecule has 0 unspecified atom stereocenters. The lowest BCUT2D eigenvalue weighted by Crippen LogP contribution is -2.02. The van der Waals surface area contributed by atoms with Crippen molar-refractivity contribution in [1.29, 1.82) is 0 Å². The van der Waals surface area contributed by atoms with E-state index in [-0.39, 0.29) is 6.16 Å². The fraction of sp³-hybridized carbons (Fsp3) is 0.308. The zero-order valence-corrected chi connectivity index (χ0v) is 13.9. The van der Waals surface area contributed by atoms with Gasteiger partial charge in [-0.05, 0) is 23.3 Å². The number of esters is 1. The molecule has 1 rings (SSSR count). The highest BCUT2D eigenvalue weighted by atomic mass is 79.9. The smallest absolute Gasteiger partial charge is 0.334 e. The summed E-state index contributed by atoms with van der Waals surface area (Å²) >= 11 is 3.33. The Balaban J connectivity index is 3.16. The Bertz CT molecular complexity index is 530. The molecule has 5 nitrogen and oxygen atoms in total. The topological polar surface area (TPSA) is 61.8 Å². The second-order valence-electron chi connectivity index (χ2n) is 3.83. The Morgan fingerprint density at radius 2 is 1.75 bits per heavy atom. The number of carbonyl (C=O) groups excluding carboxylic acids is 1. The van der Waals surface area contributed by atoms with Gasteiger partial charge in [-0.2, -0.15) is 0 Å². The number of halogens is 1. The molecule has 1 aromatic rings. The summed E-state index contributed by atoms with van der Waals surface area (Å²) in [5.74, 6) is -0.526. The fourth-order valence-corrected chi connectivity index (χ4v) is 2.86. The van der Waals surface area contributed by atoms with E-state index in [1.54, 1.807) is 12.1 Å². The molecule has 20 heavy (non-hydrogen) atoms. The van der Waals surface area contributed by atoms with Crippen molar-refractivity contribution in [2.24, 2.45) is 0 Å². The summed E-state index contributed by atoms with van der Waals surface area (Å²) in [6, 6.07) is 7.25. The summed E-state index contributed by atoms with van der Waals surface area (Å²) in [6.45, 7) is 0. The minimum Gasteiger partial charge on any atom is -0.466 e. The van der Waals surface area contributed by atoms with Crippen LogP contribution in [0.25, 0.3) is 5.57 Å². The van der Waals surface area contributed by atoms with E-state index in [4.69, 9.17) is 9.05 Å². The number of rotatable bonds is 6. The Hall–Kier alpha value is -0.940. The molecule has 0 aromatic heterocycles. The number of allylic oxidation sites excluding steroid dienone is 1. The van der Waals surface area contributed by atoms with E-state index in [1.807, 2.05) is 12.1 Å². The lowest BCUT2D eigenvalue weighted by atomic mass is 10.1. The van der Waals surface area contributed by atoms with E-state index in [0.717, 1.165) is 10.0 Å². The highest BCUT2D eigenvalue weighted by molar-refractivity contribution is 9.10. The first kappa shape index (κ1) is 17.1. The molecule has 0 aliphatic rings. The average Bonchev–Trinajstić information content (AvgIpc) is 2.47. The summed E-state index contributed by atoms with van der Waals surface area (Å²) in [5, 5.41) is 0. The molecule has 0 spiro atoms. The largest absolute Gasteiger partial charge is 0.466 e. The lowest BCUT2D eigenvalue weighted by molar-refractivity contribution is -0.134. The Kier molecular flexibility index (Phi) is 6.62. The van der Waals surface area contributed by atoms with Crippen LogP contribution in [-0.4, -0.2) is 33.5 Å². The maximum atomic E-state index is 12.2. The molecule has 0 saturated heterocycles. The molecule has 7 heteroatoms. The van der Waals surface area contributed by atoms with E-state index in [9.17, 15) is 9.36 Å². The van der Waals surface area contributed by atoms with Gasteiger partial charge in [-0.1, -0.05) is 28.1 Å². The SMILES string of the molecule is COC(=O)/C=C(\CP(=O)(OC)OC)c1ccc(Br)cc1. The number of hydrogen-bond donors (Lipinski definition) is 0. The van der Waals surface area contributed by atoms with E-state index in [2.05, 4.69) is 20.7 Å². The minimum absolute atomic E-state index is 0.0171. The second kappa shape index (κ2) is 7.74. The highest BCUT2D eigenvalue weighted by Gasteiger charge is 2.24. The minimum atomic E-state index is -3.27. The van der Waals surface area contributed by atoms with E-state index in [0.29, 0.717) is 5.57 Å². The molecule has 0 N–H and O–H groups in total. The molecule has 0 radical (unpaired) electrons. The third-order valence-electron chi connectivity index (χ3n) is 2.63. The van der Waals surface area contributed by atoms with Crippen LogP contribution >= 0.6 is 23.5 Å². The summed E-state index contributed by atoms with van der Waals surface area (Å²) in [4.78, 5) is 11.4. The summed E-state index contributed by atoms with van der Waals surface area (Å²) in [5.41, 5.74) is 1.27. The molecular weight excluding hydrogens is 347 g/mol. The van der Waals surface area contributed by atoms with E-state index >= 15 is 0 Å². The van der Waals surface area contributed by atoms with Crippen LogP contribution in [0.5, 0.6) is 0 Å². The van der Waals surface area contributed by atoms with Crippen molar-refractivity contribution >= 4 is 35.1 Å². The van der Waals surface area contributed by atoms with Gasteiger partial charge in [0.05, 0.1) is 13.3 Å². The van der Waals surface area contributed by atoms with Gasteiger partial charge in [-0.25, -0.2) is 4.79 Å². The van der Waals surface area contributed by atoms with Gasteiger partial charge in [0.2, 0.25) is 0 Å². The number of hydrogen-bond acceptors (Lipinski definition) is 5. The van der Waals surface area contributed by atoms with Crippen molar-refractivity contribution in [1.82, 2.24) is 0 Å². The number of ether oxygens (including phenoxy) is 1. The quantitative estimate of drug-likeness (QED) is 0.440. The zero-order valence-electron chi connectivity index (χ0n) is 11.5. The molecule has 0 aliphatic heterocycles. The monoisotopic (exact) mass is 362 g/mol. The van der Waals surface area contributed by atoms with E-state index < -0.39 is 13.6 Å².